The van der Waals surface area contributed by atoms with Gasteiger partial charge in [-0.1, -0.05) is 6.07 Å². The average molecular weight is 306 g/mol. The highest BCUT2D eigenvalue weighted by atomic mass is 32.1. The summed E-state index contributed by atoms with van der Waals surface area (Å²) in [4.78, 5) is 1.24. The van der Waals surface area contributed by atoms with E-state index in [1.165, 1.54) is 4.88 Å². The van der Waals surface area contributed by atoms with Gasteiger partial charge in [-0.2, -0.15) is 12.6 Å². The minimum absolute atomic E-state index is 0.592. The number of rotatable bonds is 13. The van der Waals surface area contributed by atoms with Crippen molar-refractivity contribution in [2.45, 2.75) is 6.61 Å². The summed E-state index contributed by atoms with van der Waals surface area (Å²) in [6.07, 6.45) is 0. The second-order valence-electron chi connectivity index (χ2n) is 3.69. The maximum Gasteiger partial charge on any atom is 0.0810 e. The predicted octanol–water partition coefficient (Wildman–Crippen LogP) is 2.24. The normalized spacial score (nSPS) is 11.0. The second kappa shape index (κ2) is 12.9. The van der Waals surface area contributed by atoms with E-state index in [4.69, 9.17) is 18.9 Å². The fraction of sp³-hybridized carbons (Fsp3) is 0.692. The molecule has 0 atom stereocenters. The van der Waals surface area contributed by atoms with Gasteiger partial charge in [-0.25, -0.2) is 0 Å². The van der Waals surface area contributed by atoms with Gasteiger partial charge in [-0.3, -0.25) is 0 Å². The molecule has 1 rings (SSSR count). The summed E-state index contributed by atoms with van der Waals surface area (Å²) in [6, 6.07) is 4.09. The van der Waals surface area contributed by atoms with Crippen LogP contribution in [0, 0.1) is 0 Å². The second-order valence-corrected chi connectivity index (χ2v) is 5.17. The Hall–Kier alpha value is -0.110. The summed E-state index contributed by atoms with van der Waals surface area (Å²) in [5, 5.41) is 2.05. The molecule has 1 heterocycles. The van der Waals surface area contributed by atoms with E-state index in [9.17, 15) is 0 Å². The highest BCUT2D eigenvalue weighted by Gasteiger charge is 1.94. The first-order chi connectivity index (χ1) is 9.43. The van der Waals surface area contributed by atoms with E-state index < -0.39 is 0 Å². The Morgan fingerprint density at radius 3 is 1.95 bits per heavy atom. The first-order valence-corrected chi connectivity index (χ1v) is 7.89. The topological polar surface area (TPSA) is 36.9 Å². The molecule has 6 heteroatoms. The molecule has 0 bridgehead atoms. The molecule has 0 aromatic carbocycles. The maximum absolute atomic E-state index is 5.47. The molecule has 0 amide bonds. The van der Waals surface area contributed by atoms with Crippen molar-refractivity contribution in [3.63, 3.8) is 0 Å². The molecule has 0 saturated carbocycles. The molecule has 0 unspecified atom stereocenters. The third-order valence-electron chi connectivity index (χ3n) is 2.18. The highest BCUT2D eigenvalue weighted by molar-refractivity contribution is 7.80. The van der Waals surface area contributed by atoms with Gasteiger partial charge >= 0.3 is 0 Å². The Morgan fingerprint density at radius 1 is 0.842 bits per heavy atom. The Kier molecular flexibility index (Phi) is 11.5. The summed E-state index contributed by atoms with van der Waals surface area (Å²) < 4.78 is 21.4. The number of thiol groups is 1. The maximum atomic E-state index is 5.47. The summed E-state index contributed by atoms with van der Waals surface area (Å²) in [5.74, 6) is 0.745. The highest BCUT2D eigenvalue weighted by Crippen LogP contribution is 2.09. The monoisotopic (exact) mass is 306 g/mol. The van der Waals surface area contributed by atoms with Crippen molar-refractivity contribution in [1.29, 1.82) is 0 Å². The van der Waals surface area contributed by atoms with Crippen LogP contribution in [0.4, 0.5) is 0 Å². The van der Waals surface area contributed by atoms with Gasteiger partial charge in [-0.15, -0.1) is 11.3 Å². The zero-order chi connectivity index (χ0) is 13.6. The average Bonchev–Trinajstić information content (AvgIpc) is 2.93. The molecule has 0 saturated heterocycles. The van der Waals surface area contributed by atoms with Crippen LogP contribution in [0.2, 0.25) is 0 Å². The molecular formula is C13H22O4S2. The van der Waals surface area contributed by atoms with Crippen molar-refractivity contribution in [2.24, 2.45) is 0 Å². The zero-order valence-electron chi connectivity index (χ0n) is 11.1. The summed E-state index contributed by atoms with van der Waals surface area (Å²) >= 11 is 5.75. The van der Waals surface area contributed by atoms with Crippen molar-refractivity contribution in [3.8, 4) is 0 Å². The van der Waals surface area contributed by atoms with Gasteiger partial charge in [0.05, 0.1) is 52.9 Å². The van der Waals surface area contributed by atoms with Crippen LogP contribution in [0.15, 0.2) is 17.5 Å². The molecule has 0 radical (unpaired) electrons. The van der Waals surface area contributed by atoms with Crippen LogP contribution in [-0.4, -0.2) is 52.0 Å². The van der Waals surface area contributed by atoms with Gasteiger partial charge in [0.2, 0.25) is 0 Å². The zero-order valence-corrected chi connectivity index (χ0v) is 12.8. The van der Waals surface area contributed by atoms with Gasteiger partial charge in [-0.05, 0) is 11.4 Å². The largest absolute Gasteiger partial charge is 0.378 e. The van der Waals surface area contributed by atoms with Gasteiger partial charge in [0, 0.05) is 10.6 Å². The molecule has 0 fully saturated rings. The first-order valence-electron chi connectivity index (χ1n) is 6.37. The first kappa shape index (κ1) is 16.9. The van der Waals surface area contributed by atoms with Crippen LogP contribution >= 0.6 is 24.0 Å². The Labute approximate surface area is 124 Å². The lowest BCUT2D eigenvalue weighted by Gasteiger charge is -2.06. The number of ether oxygens (including phenoxy) is 4. The minimum atomic E-state index is 0.592. The summed E-state index contributed by atoms with van der Waals surface area (Å²) in [6.45, 7) is 4.96. The van der Waals surface area contributed by atoms with E-state index >= 15 is 0 Å². The molecule has 19 heavy (non-hydrogen) atoms. The van der Waals surface area contributed by atoms with Crippen molar-refractivity contribution < 1.29 is 18.9 Å². The molecule has 0 aliphatic heterocycles. The molecular weight excluding hydrogens is 284 g/mol. The smallest absolute Gasteiger partial charge is 0.0810 e. The third kappa shape index (κ3) is 10.4. The van der Waals surface area contributed by atoms with Gasteiger partial charge < -0.3 is 18.9 Å². The van der Waals surface area contributed by atoms with E-state index in [1.807, 2.05) is 11.4 Å². The van der Waals surface area contributed by atoms with Crippen LogP contribution in [0.3, 0.4) is 0 Å². The van der Waals surface area contributed by atoms with Crippen LogP contribution < -0.4 is 0 Å². The lowest BCUT2D eigenvalue weighted by Crippen LogP contribution is -2.12. The molecule has 110 valence electrons. The molecule has 0 aliphatic rings. The predicted molar refractivity (Wildman–Crippen MR) is 80.3 cm³/mol. The van der Waals surface area contributed by atoms with Crippen molar-refractivity contribution in [3.05, 3.63) is 22.4 Å². The molecule has 0 spiro atoms. The van der Waals surface area contributed by atoms with Crippen LogP contribution in [-0.2, 0) is 25.6 Å². The van der Waals surface area contributed by atoms with Crippen LogP contribution in [0.1, 0.15) is 4.88 Å². The number of hydrogen-bond acceptors (Lipinski definition) is 6. The molecule has 1 aromatic rings. The Bertz CT molecular complexity index is 280. The minimum Gasteiger partial charge on any atom is -0.378 e. The third-order valence-corrected chi connectivity index (χ3v) is 3.21. The van der Waals surface area contributed by atoms with E-state index in [1.54, 1.807) is 11.3 Å². The van der Waals surface area contributed by atoms with Gasteiger partial charge in [0.15, 0.2) is 0 Å². The van der Waals surface area contributed by atoms with Crippen LogP contribution in [0.5, 0.6) is 0 Å². The number of thiophene rings is 1. The fourth-order valence-corrected chi connectivity index (χ4v) is 2.06. The van der Waals surface area contributed by atoms with E-state index in [-0.39, 0.29) is 0 Å². The van der Waals surface area contributed by atoms with E-state index in [0.717, 1.165) is 5.75 Å². The molecule has 0 N–H and O–H groups in total. The lowest BCUT2D eigenvalue weighted by atomic mass is 10.5. The van der Waals surface area contributed by atoms with Crippen molar-refractivity contribution in [2.75, 3.05) is 52.0 Å². The fourth-order valence-electron chi connectivity index (χ4n) is 1.29. The van der Waals surface area contributed by atoms with Crippen molar-refractivity contribution >= 4 is 24.0 Å². The quantitative estimate of drug-likeness (QED) is 0.448. The standard InChI is InChI=1S/C13H22O4S2/c18-10-9-16-6-5-14-3-4-15-7-8-17-12-13-2-1-11-19-13/h1-2,11,18H,3-10,12H2. The summed E-state index contributed by atoms with van der Waals surface area (Å²) in [5.41, 5.74) is 0. The van der Waals surface area contributed by atoms with Crippen LogP contribution in [0.25, 0.3) is 0 Å². The lowest BCUT2D eigenvalue weighted by molar-refractivity contribution is -0.00235. The van der Waals surface area contributed by atoms with Crippen molar-refractivity contribution in [1.82, 2.24) is 0 Å². The Morgan fingerprint density at radius 2 is 1.42 bits per heavy atom. The molecule has 0 aliphatic carbocycles. The molecule has 4 nitrogen and oxygen atoms in total. The van der Waals surface area contributed by atoms with Gasteiger partial charge in [0.25, 0.3) is 0 Å². The summed E-state index contributed by atoms with van der Waals surface area (Å²) in [7, 11) is 0. The Balaban J connectivity index is 1.72. The molecule has 1 aromatic heterocycles. The van der Waals surface area contributed by atoms with E-state index in [0.29, 0.717) is 52.9 Å². The number of hydrogen-bond donors (Lipinski definition) is 1. The SMILES string of the molecule is SCCOCCOCCOCCOCc1cccs1. The van der Waals surface area contributed by atoms with E-state index in [2.05, 4.69) is 18.7 Å². The van der Waals surface area contributed by atoms with Gasteiger partial charge in [0.1, 0.15) is 0 Å².